The molecule has 0 aromatic heterocycles. The lowest BCUT2D eigenvalue weighted by Crippen LogP contribution is -2.43. The highest BCUT2D eigenvalue weighted by Gasteiger charge is 2.84. The van der Waals surface area contributed by atoms with Crippen molar-refractivity contribution in [1.29, 1.82) is 0 Å². The SMILES string of the molecule is O=C1OC[C@@H](c2ccccc2)N1C1(CCCCO)O[C@]12CO2. The highest BCUT2D eigenvalue weighted by molar-refractivity contribution is 5.72. The van der Waals surface area contributed by atoms with Crippen LogP contribution in [-0.4, -0.2) is 47.4 Å². The molecule has 6 heteroatoms. The molecule has 1 aromatic carbocycles. The summed E-state index contributed by atoms with van der Waals surface area (Å²) in [5.41, 5.74) is 0.289. The summed E-state index contributed by atoms with van der Waals surface area (Å²) >= 11 is 0. The Morgan fingerprint density at radius 3 is 2.68 bits per heavy atom. The number of cyclic esters (lactones) is 1. The third-order valence-electron chi connectivity index (χ3n) is 4.66. The summed E-state index contributed by atoms with van der Waals surface area (Å²) in [6.45, 7) is 0.970. The van der Waals surface area contributed by atoms with E-state index >= 15 is 0 Å². The Balaban J connectivity index is 1.61. The van der Waals surface area contributed by atoms with Crippen LogP contribution in [0.25, 0.3) is 0 Å². The molecule has 1 amide bonds. The molecule has 118 valence electrons. The molecule has 0 bridgehead atoms. The lowest BCUT2D eigenvalue weighted by atomic mass is 10.00. The van der Waals surface area contributed by atoms with Gasteiger partial charge in [0, 0.05) is 13.0 Å². The zero-order chi connectivity index (χ0) is 15.2. The Labute approximate surface area is 128 Å². The fraction of sp³-hybridized carbons (Fsp3) is 0.562. The average molecular weight is 305 g/mol. The zero-order valence-corrected chi connectivity index (χ0v) is 12.2. The molecule has 1 unspecified atom stereocenters. The lowest BCUT2D eigenvalue weighted by Gasteiger charge is -2.28. The number of amides is 1. The van der Waals surface area contributed by atoms with Crippen molar-refractivity contribution in [1.82, 2.24) is 4.90 Å². The van der Waals surface area contributed by atoms with Gasteiger partial charge in [-0.3, -0.25) is 4.90 Å². The molecule has 3 atom stereocenters. The van der Waals surface area contributed by atoms with Gasteiger partial charge in [0.15, 0.2) is 0 Å². The Morgan fingerprint density at radius 2 is 2.05 bits per heavy atom. The van der Waals surface area contributed by atoms with Crippen molar-refractivity contribution in [2.45, 2.75) is 36.8 Å². The smallest absolute Gasteiger partial charge is 0.412 e. The molecule has 0 aliphatic carbocycles. The Hall–Kier alpha value is -1.63. The summed E-state index contributed by atoms with van der Waals surface area (Å²) in [6, 6.07) is 9.67. The van der Waals surface area contributed by atoms with Gasteiger partial charge in [0.2, 0.25) is 11.5 Å². The van der Waals surface area contributed by atoms with Crippen LogP contribution in [0.4, 0.5) is 4.79 Å². The molecule has 3 aliphatic rings. The van der Waals surface area contributed by atoms with Crippen molar-refractivity contribution in [3.8, 4) is 0 Å². The first-order valence-electron chi connectivity index (χ1n) is 7.68. The number of epoxide rings is 2. The maximum absolute atomic E-state index is 12.3. The molecule has 22 heavy (non-hydrogen) atoms. The van der Waals surface area contributed by atoms with E-state index in [2.05, 4.69) is 0 Å². The first kappa shape index (κ1) is 14.0. The number of hydrogen-bond acceptors (Lipinski definition) is 5. The molecule has 0 saturated carbocycles. The van der Waals surface area contributed by atoms with Gasteiger partial charge in [0.1, 0.15) is 13.2 Å². The van der Waals surface area contributed by atoms with Gasteiger partial charge in [-0.2, -0.15) is 0 Å². The number of aliphatic hydroxyl groups is 1. The number of carbonyl (C=O) groups excluding carboxylic acids is 1. The van der Waals surface area contributed by atoms with Crippen LogP contribution in [0.5, 0.6) is 0 Å². The van der Waals surface area contributed by atoms with Crippen LogP contribution in [0.15, 0.2) is 30.3 Å². The largest absolute Gasteiger partial charge is 0.447 e. The maximum atomic E-state index is 12.3. The summed E-state index contributed by atoms with van der Waals surface area (Å²) in [5.74, 6) is -0.640. The summed E-state index contributed by atoms with van der Waals surface area (Å²) < 4.78 is 16.6. The van der Waals surface area contributed by atoms with E-state index in [0.717, 1.165) is 12.0 Å². The van der Waals surface area contributed by atoms with Gasteiger partial charge in [0.05, 0.1) is 6.04 Å². The number of unbranched alkanes of at least 4 members (excludes halogenated alkanes) is 1. The van der Waals surface area contributed by atoms with Crippen molar-refractivity contribution in [3.63, 3.8) is 0 Å². The quantitative estimate of drug-likeness (QED) is 0.640. The van der Waals surface area contributed by atoms with Gasteiger partial charge >= 0.3 is 6.09 Å². The van der Waals surface area contributed by atoms with Crippen LogP contribution < -0.4 is 0 Å². The molecule has 3 fully saturated rings. The average Bonchev–Trinajstić information content (AvgIpc) is 3.40. The molecule has 4 rings (SSSR count). The van der Waals surface area contributed by atoms with Gasteiger partial charge in [-0.25, -0.2) is 4.79 Å². The first-order chi connectivity index (χ1) is 10.7. The second kappa shape index (κ2) is 4.94. The number of hydrogen-bond donors (Lipinski definition) is 1. The predicted octanol–water partition coefficient (Wildman–Crippen LogP) is 1.80. The lowest BCUT2D eigenvalue weighted by molar-refractivity contribution is 0.0754. The fourth-order valence-corrected chi connectivity index (χ4v) is 3.41. The second-order valence-electron chi connectivity index (χ2n) is 5.98. The van der Waals surface area contributed by atoms with E-state index in [1.165, 1.54) is 0 Å². The van der Waals surface area contributed by atoms with Gasteiger partial charge in [-0.05, 0) is 18.4 Å². The van der Waals surface area contributed by atoms with Crippen LogP contribution in [-0.2, 0) is 14.2 Å². The molecule has 1 aromatic rings. The van der Waals surface area contributed by atoms with Crippen LogP contribution in [0.3, 0.4) is 0 Å². The molecule has 1 spiro atoms. The zero-order valence-electron chi connectivity index (χ0n) is 12.2. The second-order valence-corrected chi connectivity index (χ2v) is 5.98. The topological polar surface area (TPSA) is 74.8 Å². The molecule has 3 heterocycles. The number of ether oxygens (including phenoxy) is 3. The highest BCUT2D eigenvalue weighted by Crippen LogP contribution is 2.64. The van der Waals surface area contributed by atoms with Crippen molar-refractivity contribution in [2.24, 2.45) is 0 Å². The van der Waals surface area contributed by atoms with Gasteiger partial charge in [-0.15, -0.1) is 0 Å². The third-order valence-corrected chi connectivity index (χ3v) is 4.66. The molecule has 1 N–H and O–H groups in total. The summed E-state index contributed by atoms with van der Waals surface area (Å²) in [6.07, 6.45) is 1.74. The Bertz CT molecular complexity index is 573. The molecular formula is C16H19NO5. The van der Waals surface area contributed by atoms with E-state index < -0.39 is 11.5 Å². The van der Waals surface area contributed by atoms with Crippen LogP contribution in [0.1, 0.15) is 30.9 Å². The molecule has 3 aliphatic heterocycles. The Morgan fingerprint density at radius 1 is 1.27 bits per heavy atom. The fourth-order valence-electron chi connectivity index (χ4n) is 3.41. The van der Waals surface area contributed by atoms with Crippen molar-refractivity contribution >= 4 is 6.09 Å². The predicted molar refractivity (Wildman–Crippen MR) is 75.8 cm³/mol. The maximum Gasteiger partial charge on any atom is 0.412 e. The molecular weight excluding hydrogens is 286 g/mol. The summed E-state index contributed by atoms with van der Waals surface area (Å²) in [4.78, 5) is 14.0. The number of rotatable bonds is 6. The van der Waals surface area contributed by atoms with E-state index in [-0.39, 0.29) is 18.7 Å². The minimum atomic E-state index is -0.740. The summed E-state index contributed by atoms with van der Waals surface area (Å²) in [5, 5.41) is 9.00. The van der Waals surface area contributed by atoms with E-state index in [1.54, 1.807) is 4.90 Å². The first-order valence-corrected chi connectivity index (χ1v) is 7.68. The highest BCUT2D eigenvalue weighted by atomic mass is 16.9. The normalized spacial score (nSPS) is 35.8. The van der Waals surface area contributed by atoms with Crippen molar-refractivity contribution in [2.75, 3.05) is 19.8 Å². The minimum absolute atomic E-state index is 0.135. The van der Waals surface area contributed by atoms with Gasteiger partial charge in [-0.1, -0.05) is 30.3 Å². The number of benzene rings is 1. The van der Waals surface area contributed by atoms with E-state index in [9.17, 15) is 4.79 Å². The van der Waals surface area contributed by atoms with Crippen LogP contribution in [0, 0.1) is 0 Å². The Kier molecular flexibility index (Phi) is 3.14. The molecule has 6 nitrogen and oxygen atoms in total. The van der Waals surface area contributed by atoms with Crippen LogP contribution in [0.2, 0.25) is 0 Å². The van der Waals surface area contributed by atoms with Crippen LogP contribution >= 0.6 is 0 Å². The van der Waals surface area contributed by atoms with E-state index in [0.29, 0.717) is 26.1 Å². The number of aliphatic hydroxyl groups excluding tert-OH is 1. The van der Waals surface area contributed by atoms with Crippen molar-refractivity contribution < 1.29 is 24.1 Å². The molecule has 3 saturated heterocycles. The van der Waals surface area contributed by atoms with Gasteiger partial charge in [0.25, 0.3) is 0 Å². The van der Waals surface area contributed by atoms with E-state index in [4.69, 9.17) is 19.3 Å². The standard InChI is InChI=1S/C16H19NO5/c18-9-5-4-8-15(16(22-15)11-21-16)17-13(10-20-14(17)19)12-6-2-1-3-7-12/h1-3,6-7,13,18H,4-5,8-11H2/t13-,15?,16+/m0/s1. The molecule has 0 radical (unpaired) electrons. The number of carbonyl (C=O) groups is 1. The summed E-state index contributed by atoms with van der Waals surface area (Å²) in [7, 11) is 0. The van der Waals surface area contributed by atoms with Crippen molar-refractivity contribution in [3.05, 3.63) is 35.9 Å². The monoisotopic (exact) mass is 305 g/mol. The third kappa shape index (κ3) is 1.95. The van der Waals surface area contributed by atoms with Gasteiger partial charge < -0.3 is 19.3 Å². The number of nitrogens with zero attached hydrogens (tertiary/aromatic N) is 1. The minimum Gasteiger partial charge on any atom is -0.447 e. The van der Waals surface area contributed by atoms with E-state index in [1.807, 2.05) is 30.3 Å².